The van der Waals surface area contributed by atoms with Gasteiger partial charge < -0.3 is 94.1 Å². The van der Waals surface area contributed by atoms with Gasteiger partial charge in [0.05, 0.1) is 25.9 Å². The molecule has 4 aliphatic heterocycles. The number of methoxy groups -OCH3 is 2. The van der Waals surface area contributed by atoms with Gasteiger partial charge in [-0.3, -0.25) is 0 Å². The number of carbonyl (C=O) groups excluding carboxylic acids is 1. The molecule has 0 spiro atoms. The van der Waals surface area contributed by atoms with Crippen LogP contribution >= 0.6 is 0 Å². The Kier molecular flexibility index (Phi) is 12.2. The van der Waals surface area contributed by atoms with Gasteiger partial charge in [0.1, 0.15) is 83.0 Å². The van der Waals surface area contributed by atoms with Crippen LogP contribution in [-0.2, 0) is 34.9 Å². The molecule has 1 aliphatic carbocycles. The van der Waals surface area contributed by atoms with Gasteiger partial charge in [0, 0.05) is 47.4 Å². The maximum absolute atomic E-state index is 12.8. The number of allylic oxidation sites excluding steroid dienone is 2. The second kappa shape index (κ2) is 18.2. The fourth-order valence-corrected chi connectivity index (χ4v) is 8.41. The van der Waals surface area contributed by atoms with E-state index in [0.29, 0.717) is 5.56 Å². The lowest BCUT2D eigenvalue weighted by atomic mass is 9.87. The van der Waals surface area contributed by atoms with Gasteiger partial charge in [-0.15, -0.1) is 0 Å². The number of hydrogen-bond acceptors (Lipinski definition) is 20. The molecule has 11 N–H and O–H groups in total. The molecule has 1 fully saturated rings. The normalized spacial score (nSPS) is 24.9. The molecule has 9 rings (SSSR count). The summed E-state index contributed by atoms with van der Waals surface area (Å²) in [6.45, 7) is -0.645. The zero-order valence-electron chi connectivity index (χ0n) is 36.3. The maximum atomic E-state index is 12.8. The number of phenols is 6. The predicted molar refractivity (Wildman–Crippen MR) is 236 cm³/mol. The molecular weight excluding hydrogens is 909 g/mol. The Labute approximate surface area is 390 Å². The van der Waals surface area contributed by atoms with Crippen molar-refractivity contribution in [3.05, 3.63) is 141 Å². The van der Waals surface area contributed by atoms with Crippen molar-refractivity contribution in [3.8, 4) is 51.7 Å². The number of carbonyl (C=O) groups is 1. The minimum atomic E-state index is -1.99. The fourth-order valence-electron chi connectivity index (χ4n) is 8.41. The van der Waals surface area contributed by atoms with Crippen molar-refractivity contribution in [3.63, 3.8) is 0 Å². The van der Waals surface area contributed by atoms with Crippen molar-refractivity contribution in [2.45, 2.75) is 55.4 Å². The summed E-state index contributed by atoms with van der Waals surface area (Å²) in [6.07, 6.45) is -6.67. The standard InChI is InChI=1S/C49H44O20/c1-62-35-12-22(13-36(63-2)41(35)58)46-48(69-49-44(61)43(60)42(59)37(67-49)19-64-38(57)10-5-20-3-7-23(50)8-4-20)26-17-34(65-32-14-24(51)15-33(66-46)39(26)32)40-30(55)18-28(53)25-16-31(56)45(68-47(25)40)21-6-9-27(52)29(54)11-21/h3-15,17-18,31-32,37,42-45,49-56,58-61H,16,19H2,1-2H3. The third-order valence-corrected chi connectivity index (χ3v) is 11.9. The first-order valence-electron chi connectivity index (χ1n) is 21.1. The third kappa shape index (κ3) is 8.62. The van der Waals surface area contributed by atoms with E-state index in [0.717, 1.165) is 12.1 Å². The molecular formula is C49H44O20. The first-order valence-corrected chi connectivity index (χ1v) is 21.1. The topological polar surface area (TPSA) is 313 Å². The molecule has 8 unspecified atom stereocenters. The van der Waals surface area contributed by atoms with E-state index in [1.165, 1.54) is 81.0 Å². The van der Waals surface area contributed by atoms with Gasteiger partial charge in [-0.05, 0) is 59.7 Å². The van der Waals surface area contributed by atoms with Crippen molar-refractivity contribution in [2.75, 3.05) is 20.8 Å². The third-order valence-electron chi connectivity index (χ3n) is 11.9. The monoisotopic (exact) mass is 952 g/mol. The minimum Gasteiger partial charge on any atom is -0.508 e. The summed E-state index contributed by atoms with van der Waals surface area (Å²) in [5, 5.41) is 119. The number of esters is 1. The van der Waals surface area contributed by atoms with Gasteiger partial charge in [-0.2, -0.15) is 0 Å². The first kappa shape index (κ1) is 46.1. The number of hydrogen-bond donors (Lipinski definition) is 11. The molecule has 69 heavy (non-hydrogen) atoms. The molecule has 4 heterocycles. The fraction of sp³-hybridized carbons (Fsp3) is 0.245. The van der Waals surface area contributed by atoms with Gasteiger partial charge in [-0.25, -0.2) is 4.79 Å². The van der Waals surface area contributed by atoms with Crippen LogP contribution in [-0.4, -0.2) is 126 Å². The van der Waals surface area contributed by atoms with E-state index in [1.54, 1.807) is 12.1 Å². The number of aliphatic hydroxyl groups excluding tert-OH is 5. The van der Waals surface area contributed by atoms with Crippen LogP contribution in [0, 0.1) is 0 Å². The second-order valence-electron chi connectivity index (χ2n) is 16.3. The molecule has 0 amide bonds. The van der Waals surface area contributed by atoms with Gasteiger partial charge in [0.2, 0.25) is 12.0 Å². The number of ether oxygens (including phenoxy) is 8. The van der Waals surface area contributed by atoms with Crippen molar-refractivity contribution in [1.29, 1.82) is 0 Å². The van der Waals surface area contributed by atoms with Crippen LogP contribution in [0.15, 0.2) is 113 Å². The Balaban J connectivity index is 1.15. The van der Waals surface area contributed by atoms with E-state index in [-0.39, 0.29) is 97.4 Å². The summed E-state index contributed by atoms with van der Waals surface area (Å²) in [7, 11) is 2.57. The molecule has 5 aliphatic rings. The number of fused-ring (bicyclic) bond motifs is 1. The van der Waals surface area contributed by atoms with E-state index in [9.17, 15) is 61.0 Å². The lowest BCUT2D eigenvalue weighted by Crippen LogP contribution is -2.59. The molecule has 0 bridgehead atoms. The predicted octanol–water partition coefficient (Wildman–Crippen LogP) is 3.83. The van der Waals surface area contributed by atoms with Crippen LogP contribution in [0.5, 0.6) is 51.7 Å². The maximum Gasteiger partial charge on any atom is 0.330 e. The van der Waals surface area contributed by atoms with Gasteiger partial charge in [-0.1, -0.05) is 18.2 Å². The van der Waals surface area contributed by atoms with E-state index in [2.05, 4.69) is 0 Å². The number of aromatic hydroxyl groups is 6. The zero-order valence-corrected chi connectivity index (χ0v) is 36.3. The molecule has 8 atom stereocenters. The Hall–Kier alpha value is -8.01. The Bertz CT molecular complexity index is 2890. The van der Waals surface area contributed by atoms with Crippen molar-refractivity contribution in [1.82, 2.24) is 0 Å². The molecule has 20 heteroatoms. The number of phenolic OH excluding ortho intramolecular Hbond substituents is 6. The van der Waals surface area contributed by atoms with Gasteiger partial charge in [0.15, 0.2) is 40.6 Å². The highest BCUT2D eigenvalue weighted by Gasteiger charge is 2.48. The van der Waals surface area contributed by atoms with Crippen LogP contribution in [0.2, 0.25) is 0 Å². The van der Waals surface area contributed by atoms with Gasteiger partial charge >= 0.3 is 5.97 Å². The van der Waals surface area contributed by atoms with Crippen molar-refractivity contribution >= 4 is 23.6 Å². The highest BCUT2D eigenvalue weighted by Crippen LogP contribution is 2.54. The summed E-state index contributed by atoms with van der Waals surface area (Å²) in [4.78, 5) is 12.8. The van der Waals surface area contributed by atoms with E-state index < -0.39 is 84.6 Å². The summed E-state index contributed by atoms with van der Waals surface area (Å²) in [5.74, 6) is -4.47. The summed E-state index contributed by atoms with van der Waals surface area (Å²) in [5.41, 5.74) is 1.08. The molecule has 20 nitrogen and oxygen atoms in total. The van der Waals surface area contributed by atoms with Crippen LogP contribution < -0.4 is 14.2 Å². The SMILES string of the molecule is COc1cc(C2=C(OC3OC(COC(=O)C=Cc4ccc(O)cc4)C(O)C(O)C3O)C3=C4C(=CC(O)=CC4OC(c4c(O)cc(O)c5c4OC(c4ccc(O)c(O)c4)C(O)C5)=C3)O2)cc(OC)c1O. The summed E-state index contributed by atoms with van der Waals surface area (Å²) < 4.78 is 47.9. The highest BCUT2D eigenvalue weighted by molar-refractivity contribution is 5.87. The highest BCUT2D eigenvalue weighted by atomic mass is 16.7. The van der Waals surface area contributed by atoms with Crippen LogP contribution in [0.4, 0.5) is 0 Å². The average Bonchev–Trinajstić information content (AvgIpc) is 3.32. The van der Waals surface area contributed by atoms with Crippen molar-refractivity contribution in [2.24, 2.45) is 0 Å². The molecule has 4 aromatic rings. The number of rotatable bonds is 11. The Morgan fingerprint density at radius 1 is 0.768 bits per heavy atom. The smallest absolute Gasteiger partial charge is 0.330 e. The average molecular weight is 953 g/mol. The molecule has 360 valence electrons. The second-order valence-corrected chi connectivity index (χ2v) is 16.3. The van der Waals surface area contributed by atoms with E-state index in [4.69, 9.17) is 37.9 Å². The largest absolute Gasteiger partial charge is 0.508 e. The number of benzene rings is 4. The Morgan fingerprint density at radius 2 is 1.49 bits per heavy atom. The summed E-state index contributed by atoms with van der Waals surface area (Å²) >= 11 is 0. The molecule has 0 aromatic heterocycles. The zero-order chi connectivity index (χ0) is 49.0. The Morgan fingerprint density at radius 3 is 2.19 bits per heavy atom. The number of aliphatic hydroxyl groups is 5. The lowest BCUT2D eigenvalue weighted by molar-refractivity contribution is -0.291. The molecule has 4 aromatic carbocycles. The summed E-state index contributed by atoms with van der Waals surface area (Å²) in [6, 6.07) is 13.5. The van der Waals surface area contributed by atoms with Crippen LogP contribution in [0.3, 0.4) is 0 Å². The first-order chi connectivity index (χ1) is 33.0. The molecule has 1 saturated heterocycles. The van der Waals surface area contributed by atoms with E-state index in [1.807, 2.05) is 0 Å². The minimum absolute atomic E-state index is 0.00732. The van der Waals surface area contributed by atoms with E-state index >= 15 is 0 Å². The van der Waals surface area contributed by atoms with Crippen LogP contribution in [0.1, 0.15) is 33.9 Å². The van der Waals surface area contributed by atoms with Crippen molar-refractivity contribution < 1.29 is 98.9 Å². The quantitative estimate of drug-likeness (QED) is 0.0578. The molecule has 0 radical (unpaired) electrons. The van der Waals surface area contributed by atoms with Gasteiger partial charge in [0.25, 0.3) is 0 Å². The molecule has 0 saturated carbocycles. The lowest BCUT2D eigenvalue weighted by Gasteiger charge is -2.42. The van der Waals surface area contributed by atoms with Crippen LogP contribution in [0.25, 0.3) is 17.6 Å².